The average Bonchev–Trinajstić information content (AvgIpc) is 2.75. The van der Waals surface area contributed by atoms with Gasteiger partial charge in [0.05, 0.1) is 22.9 Å². The summed E-state index contributed by atoms with van der Waals surface area (Å²) in [5.41, 5.74) is 2.23. The Bertz CT molecular complexity index is 747. The number of aryl methyl sites for hydroxylation is 1. The van der Waals surface area contributed by atoms with E-state index in [9.17, 15) is 4.79 Å². The van der Waals surface area contributed by atoms with Crippen LogP contribution in [0.4, 0.5) is 0 Å². The number of benzene rings is 1. The average molecular weight is 248 g/mol. The summed E-state index contributed by atoms with van der Waals surface area (Å²) >= 11 is 0. The van der Waals surface area contributed by atoms with Crippen molar-refractivity contribution in [3.8, 4) is 5.69 Å². The molecule has 0 N–H and O–H groups in total. The SMILES string of the molecule is Cc1ccccc1-n1ncc2c(=O)[n-]cnc21.[Na+]. The van der Waals surface area contributed by atoms with Gasteiger partial charge in [0.2, 0.25) is 0 Å². The van der Waals surface area contributed by atoms with Gasteiger partial charge in [-0.05, 0) is 18.6 Å². The molecule has 3 aromatic rings. The van der Waals surface area contributed by atoms with Crippen molar-refractivity contribution in [1.29, 1.82) is 0 Å². The Labute approximate surface area is 125 Å². The summed E-state index contributed by atoms with van der Waals surface area (Å²) in [6, 6.07) is 7.81. The third-order valence-electron chi connectivity index (χ3n) is 2.67. The molecular weight excluding hydrogens is 239 g/mol. The fourth-order valence-electron chi connectivity index (χ4n) is 1.80. The van der Waals surface area contributed by atoms with Gasteiger partial charge in [-0.3, -0.25) is 4.79 Å². The predicted molar refractivity (Wildman–Crippen MR) is 63.2 cm³/mol. The van der Waals surface area contributed by atoms with Crippen molar-refractivity contribution in [2.45, 2.75) is 6.92 Å². The molecule has 0 unspecified atom stereocenters. The van der Waals surface area contributed by atoms with Crippen molar-refractivity contribution in [2.24, 2.45) is 0 Å². The van der Waals surface area contributed by atoms with Crippen LogP contribution < -0.4 is 40.1 Å². The Hall–Kier alpha value is -1.43. The normalized spacial score (nSPS) is 10.3. The second-order valence-corrected chi connectivity index (χ2v) is 3.76. The Balaban J connectivity index is 0.00000120. The molecule has 0 bridgehead atoms. The molecule has 0 aliphatic heterocycles. The number of hydrogen-bond donors (Lipinski definition) is 0. The molecule has 0 aliphatic carbocycles. The molecule has 6 heteroatoms. The number of para-hydroxylation sites is 1. The summed E-state index contributed by atoms with van der Waals surface area (Å²) < 4.78 is 1.66. The Morgan fingerprint density at radius 2 is 2.06 bits per heavy atom. The van der Waals surface area contributed by atoms with Crippen molar-refractivity contribution in [1.82, 2.24) is 19.7 Å². The van der Waals surface area contributed by atoms with Crippen LogP contribution in [0, 0.1) is 6.92 Å². The van der Waals surface area contributed by atoms with Gasteiger partial charge >= 0.3 is 29.6 Å². The van der Waals surface area contributed by atoms with Crippen molar-refractivity contribution in [3.05, 3.63) is 52.7 Å². The topological polar surface area (TPSA) is 61.9 Å². The van der Waals surface area contributed by atoms with Crippen LogP contribution in [0.15, 0.2) is 41.6 Å². The molecule has 0 amide bonds. The Morgan fingerprint density at radius 1 is 1.28 bits per heavy atom. The van der Waals surface area contributed by atoms with Crippen molar-refractivity contribution in [3.63, 3.8) is 0 Å². The van der Waals surface area contributed by atoms with Crippen LogP contribution in [0.5, 0.6) is 0 Å². The van der Waals surface area contributed by atoms with E-state index >= 15 is 0 Å². The van der Waals surface area contributed by atoms with Gasteiger partial charge in [0.25, 0.3) is 0 Å². The van der Waals surface area contributed by atoms with Gasteiger partial charge in [0.1, 0.15) is 0 Å². The molecule has 84 valence electrons. The molecule has 0 saturated heterocycles. The summed E-state index contributed by atoms with van der Waals surface area (Å²) in [5, 5.41) is 4.64. The Kier molecular flexibility index (Phi) is 3.65. The standard InChI is InChI=1S/C12H10N4O.Na/c1-8-4-2-3-5-10(8)16-11-9(6-15-16)12(17)14-7-13-11;/h2-7H,1H3,(H,13,14,15,17);/q;+1/p-1. The van der Waals surface area contributed by atoms with E-state index < -0.39 is 0 Å². The first-order valence-electron chi connectivity index (χ1n) is 5.19. The van der Waals surface area contributed by atoms with Gasteiger partial charge in [-0.1, -0.05) is 24.5 Å². The first-order chi connectivity index (χ1) is 8.27. The van der Waals surface area contributed by atoms with Crippen molar-refractivity contribution < 1.29 is 29.6 Å². The smallest absolute Gasteiger partial charge is 0.426 e. The monoisotopic (exact) mass is 248 g/mol. The van der Waals surface area contributed by atoms with E-state index in [4.69, 9.17) is 0 Å². The van der Waals surface area contributed by atoms with Crippen molar-refractivity contribution in [2.75, 3.05) is 0 Å². The van der Waals surface area contributed by atoms with E-state index in [0.29, 0.717) is 11.0 Å². The number of hydrogen-bond acceptors (Lipinski definition) is 3. The number of nitrogens with zero attached hydrogens (tertiary/aromatic N) is 4. The molecule has 0 radical (unpaired) electrons. The zero-order valence-electron chi connectivity index (χ0n) is 10.2. The summed E-state index contributed by atoms with van der Waals surface area (Å²) in [6.45, 7) is 1.99. The number of aromatic nitrogens is 4. The van der Waals surface area contributed by atoms with Gasteiger partial charge in [0, 0.05) is 0 Å². The quantitative estimate of drug-likeness (QED) is 0.470. The maximum absolute atomic E-state index is 11.5. The van der Waals surface area contributed by atoms with E-state index in [0.717, 1.165) is 11.3 Å². The fraction of sp³-hybridized carbons (Fsp3) is 0.0833. The summed E-state index contributed by atoms with van der Waals surface area (Å²) in [7, 11) is 0. The minimum Gasteiger partial charge on any atom is -0.426 e. The zero-order chi connectivity index (χ0) is 11.8. The molecule has 5 nitrogen and oxygen atoms in total. The first kappa shape index (κ1) is 13.0. The van der Waals surface area contributed by atoms with E-state index in [1.165, 1.54) is 12.5 Å². The molecule has 1 aromatic carbocycles. The van der Waals surface area contributed by atoms with Crippen LogP contribution in [0.2, 0.25) is 0 Å². The van der Waals surface area contributed by atoms with E-state index in [2.05, 4.69) is 15.1 Å². The number of rotatable bonds is 1. The molecule has 0 spiro atoms. The molecule has 2 aromatic heterocycles. The molecule has 0 aliphatic rings. The van der Waals surface area contributed by atoms with Crippen LogP contribution in [0.3, 0.4) is 0 Å². The van der Waals surface area contributed by atoms with Crippen LogP contribution >= 0.6 is 0 Å². The predicted octanol–water partition coefficient (Wildman–Crippen LogP) is -1.95. The second-order valence-electron chi connectivity index (χ2n) is 3.76. The molecule has 3 rings (SSSR count). The number of fused-ring (bicyclic) bond motifs is 1. The van der Waals surface area contributed by atoms with E-state index in [-0.39, 0.29) is 35.1 Å². The van der Waals surface area contributed by atoms with E-state index in [1.807, 2.05) is 31.2 Å². The molecule has 18 heavy (non-hydrogen) atoms. The fourth-order valence-corrected chi connectivity index (χ4v) is 1.80. The molecule has 0 saturated carbocycles. The summed E-state index contributed by atoms with van der Waals surface area (Å²) in [5.74, 6) is 0. The summed E-state index contributed by atoms with van der Waals surface area (Å²) in [4.78, 5) is 19.2. The zero-order valence-corrected chi connectivity index (χ0v) is 12.2. The Morgan fingerprint density at radius 3 is 2.83 bits per heavy atom. The minimum absolute atomic E-state index is 0. The van der Waals surface area contributed by atoms with Gasteiger partial charge in [0.15, 0.2) is 5.56 Å². The maximum Gasteiger partial charge on any atom is 1.00 e. The molecule has 2 heterocycles. The maximum atomic E-state index is 11.5. The van der Waals surface area contributed by atoms with E-state index in [1.54, 1.807) is 4.68 Å². The summed E-state index contributed by atoms with van der Waals surface area (Å²) in [6.07, 6.45) is 2.77. The second kappa shape index (κ2) is 5.06. The third kappa shape index (κ3) is 2.01. The van der Waals surface area contributed by atoms with Crippen molar-refractivity contribution >= 4 is 11.0 Å². The van der Waals surface area contributed by atoms with Gasteiger partial charge in [-0.15, -0.1) is 0 Å². The molecule has 0 atom stereocenters. The first-order valence-corrected chi connectivity index (χ1v) is 5.19. The van der Waals surface area contributed by atoms with Gasteiger partial charge in [-0.2, -0.15) is 5.10 Å². The van der Waals surface area contributed by atoms with Crippen LogP contribution in [-0.2, 0) is 0 Å². The van der Waals surface area contributed by atoms with Gasteiger partial charge in [-0.25, -0.2) is 4.68 Å². The minimum atomic E-state index is -0.296. The molecule has 0 fully saturated rings. The van der Waals surface area contributed by atoms with Crippen LogP contribution in [0.1, 0.15) is 5.56 Å². The molecular formula is C12H9N4NaO. The van der Waals surface area contributed by atoms with Crippen LogP contribution in [0.25, 0.3) is 16.7 Å². The van der Waals surface area contributed by atoms with Gasteiger partial charge < -0.3 is 9.97 Å². The van der Waals surface area contributed by atoms with Crippen LogP contribution in [-0.4, -0.2) is 14.8 Å². The third-order valence-corrected chi connectivity index (χ3v) is 2.67. The largest absolute Gasteiger partial charge is 1.00 e.